The summed E-state index contributed by atoms with van der Waals surface area (Å²) in [6.07, 6.45) is 5.61. The van der Waals surface area contributed by atoms with Gasteiger partial charge in [0.25, 0.3) is 0 Å². The van der Waals surface area contributed by atoms with Gasteiger partial charge >= 0.3 is 0 Å². The molecule has 2 unspecified atom stereocenters. The molecule has 2 fully saturated rings. The minimum Gasteiger partial charge on any atom is -0.391 e. The summed E-state index contributed by atoms with van der Waals surface area (Å²) in [6.45, 7) is 0. The Morgan fingerprint density at radius 3 is 2.62 bits per heavy atom. The van der Waals surface area contributed by atoms with Crippen molar-refractivity contribution in [3.63, 3.8) is 0 Å². The molecule has 3 nitrogen and oxygen atoms in total. The van der Waals surface area contributed by atoms with Crippen LogP contribution in [0.1, 0.15) is 38.5 Å². The highest BCUT2D eigenvalue weighted by Gasteiger charge is 2.29. The van der Waals surface area contributed by atoms with Crippen LogP contribution in [-0.4, -0.2) is 23.2 Å². The second-order valence-corrected chi connectivity index (χ2v) is 4.32. The van der Waals surface area contributed by atoms with Gasteiger partial charge in [0.05, 0.1) is 12.1 Å². The molecule has 2 aliphatic rings. The highest BCUT2D eigenvalue weighted by Crippen LogP contribution is 2.32. The molecule has 13 heavy (non-hydrogen) atoms. The van der Waals surface area contributed by atoms with Crippen molar-refractivity contribution in [1.29, 1.82) is 0 Å². The maximum absolute atomic E-state index is 11.4. The molecule has 0 bridgehead atoms. The molecule has 0 spiro atoms. The number of nitrogens with one attached hydrogen (secondary N) is 1. The number of hydrogen-bond acceptors (Lipinski definition) is 2. The molecular weight excluding hydrogens is 166 g/mol. The van der Waals surface area contributed by atoms with Crippen LogP contribution in [0.3, 0.4) is 0 Å². The summed E-state index contributed by atoms with van der Waals surface area (Å²) in [5.41, 5.74) is 0. The minimum absolute atomic E-state index is 0.0336. The Labute approximate surface area is 78.5 Å². The quantitative estimate of drug-likeness (QED) is 0.680. The molecule has 0 aliphatic heterocycles. The maximum Gasteiger partial charge on any atom is 0.220 e. The van der Waals surface area contributed by atoms with Crippen molar-refractivity contribution in [2.45, 2.75) is 50.7 Å². The van der Waals surface area contributed by atoms with E-state index >= 15 is 0 Å². The van der Waals surface area contributed by atoms with Crippen LogP contribution < -0.4 is 5.32 Å². The topological polar surface area (TPSA) is 49.3 Å². The molecule has 1 amide bonds. The number of rotatable bonds is 3. The number of carbonyl (C=O) groups excluding carboxylic acids is 1. The zero-order valence-electron chi connectivity index (χ0n) is 7.83. The fourth-order valence-electron chi connectivity index (χ4n) is 1.96. The first-order valence-electron chi connectivity index (χ1n) is 5.23. The van der Waals surface area contributed by atoms with E-state index in [1.165, 1.54) is 12.8 Å². The van der Waals surface area contributed by atoms with Crippen LogP contribution >= 0.6 is 0 Å². The summed E-state index contributed by atoms with van der Waals surface area (Å²) in [4.78, 5) is 11.4. The van der Waals surface area contributed by atoms with Crippen molar-refractivity contribution >= 4 is 5.91 Å². The van der Waals surface area contributed by atoms with Gasteiger partial charge in [0.15, 0.2) is 0 Å². The first-order chi connectivity index (χ1) is 6.25. The highest BCUT2D eigenvalue weighted by molar-refractivity contribution is 5.76. The highest BCUT2D eigenvalue weighted by atomic mass is 16.3. The summed E-state index contributed by atoms with van der Waals surface area (Å²) < 4.78 is 0. The van der Waals surface area contributed by atoms with Gasteiger partial charge in [-0.2, -0.15) is 0 Å². The lowest BCUT2D eigenvalue weighted by atomic mass is 10.2. The van der Waals surface area contributed by atoms with Crippen molar-refractivity contribution in [2.24, 2.45) is 5.92 Å². The smallest absolute Gasteiger partial charge is 0.220 e. The van der Waals surface area contributed by atoms with Gasteiger partial charge in [-0.25, -0.2) is 0 Å². The molecule has 0 saturated heterocycles. The molecule has 0 aromatic carbocycles. The molecule has 0 aromatic rings. The third-order valence-corrected chi connectivity index (χ3v) is 3.00. The van der Waals surface area contributed by atoms with Gasteiger partial charge in [0.1, 0.15) is 0 Å². The summed E-state index contributed by atoms with van der Waals surface area (Å²) in [7, 11) is 0. The predicted molar refractivity (Wildman–Crippen MR) is 49.1 cm³/mol. The summed E-state index contributed by atoms with van der Waals surface area (Å²) in [6, 6.07) is 0.0336. The third-order valence-electron chi connectivity index (χ3n) is 3.00. The van der Waals surface area contributed by atoms with Gasteiger partial charge in [-0.05, 0) is 38.0 Å². The Morgan fingerprint density at radius 2 is 2.08 bits per heavy atom. The van der Waals surface area contributed by atoms with Gasteiger partial charge < -0.3 is 10.4 Å². The standard InChI is InChI=1S/C10H17NO2/c12-9-3-1-2-8(9)11-10(13)6-7-4-5-7/h7-9,12H,1-6H2,(H,11,13). The molecule has 2 saturated carbocycles. The lowest BCUT2D eigenvalue weighted by Gasteiger charge is -2.15. The molecule has 0 heterocycles. The van der Waals surface area contributed by atoms with Crippen molar-refractivity contribution < 1.29 is 9.90 Å². The van der Waals surface area contributed by atoms with Crippen LogP contribution in [0.2, 0.25) is 0 Å². The van der Waals surface area contributed by atoms with E-state index in [0.717, 1.165) is 19.3 Å². The lowest BCUT2D eigenvalue weighted by Crippen LogP contribution is -2.39. The molecule has 2 aliphatic carbocycles. The zero-order valence-corrected chi connectivity index (χ0v) is 7.83. The lowest BCUT2D eigenvalue weighted by molar-refractivity contribution is -0.122. The first-order valence-corrected chi connectivity index (χ1v) is 5.23. The van der Waals surface area contributed by atoms with E-state index in [2.05, 4.69) is 5.32 Å². The molecule has 2 rings (SSSR count). The van der Waals surface area contributed by atoms with Crippen LogP contribution in [-0.2, 0) is 4.79 Å². The van der Waals surface area contributed by atoms with E-state index in [-0.39, 0.29) is 18.1 Å². The molecular formula is C10H17NO2. The molecule has 74 valence electrons. The van der Waals surface area contributed by atoms with Gasteiger partial charge in [0.2, 0.25) is 5.91 Å². The fourth-order valence-corrected chi connectivity index (χ4v) is 1.96. The van der Waals surface area contributed by atoms with Gasteiger partial charge in [-0.15, -0.1) is 0 Å². The predicted octanol–water partition coefficient (Wildman–Crippen LogP) is 0.816. The number of carbonyl (C=O) groups is 1. The monoisotopic (exact) mass is 183 g/mol. The second-order valence-electron chi connectivity index (χ2n) is 4.32. The third kappa shape index (κ3) is 2.44. The number of amides is 1. The Kier molecular flexibility index (Phi) is 2.54. The van der Waals surface area contributed by atoms with E-state index in [0.29, 0.717) is 12.3 Å². The zero-order chi connectivity index (χ0) is 9.26. The van der Waals surface area contributed by atoms with E-state index in [1.807, 2.05) is 0 Å². The molecule has 2 N–H and O–H groups in total. The van der Waals surface area contributed by atoms with E-state index < -0.39 is 0 Å². The molecule has 2 atom stereocenters. The SMILES string of the molecule is O=C(CC1CC1)NC1CCCC1O. The Bertz CT molecular complexity index is 201. The first kappa shape index (κ1) is 9.00. The Hall–Kier alpha value is -0.570. The second kappa shape index (κ2) is 3.66. The summed E-state index contributed by atoms with van der Waals surface area (Å²) in [5, 5.41) is 12.4. The van der Waals surface area contributed by atoms with E-state index in [9.17, 15) is 9.90 Å². The van der Waals surface area contributed by atoms with E-state index in [1.54, 1.807) is 0 Å². The Balaban J connectivity index is 1.72. The minimum atomic E-state index is -0.303. The van der Waals surface area contributed by atoms with Crippen molar-refractivity contribution in [2.75, 3.05) is 0 Å². The van der Waals surface area contributed by atoms with Gasteiger partial charge in [-0.1, -0.05) is 0 Å². The normalized spacial score (nSPS) is 33.3. The van der Waals surface area contributed by atoms with Crippen LogP contribution in [0.4, 0.5) is 0 Å². The van der Waals surface area contributed by atoms with Gasteiger partial charge in [0, 0.05) is 6.42 Å². The van der Waals surface area contributed by atoms with Crippen LogP contribution in [0.5, 0.6) is 0 Å². The maximum atomic E-state index is 11.4. The molecule has 3 heteroatoms. The summed E-state index contributed by atoms with van der Waals surface area (Å²) >= 11 is 0. The van der Waals surface area contributed by atoms with Crippen LogP contribution in [0, 0.1) is 5.92 Å². The number of hydrogen-bond donors (Lipinski definition) is 2. The largest absolute Gasteiger partial charge is 0.391 e. The van der Waals surface area contributed by atoms with Crippen LogP contribution in [0.25, 0.3) is 0 Å². The van der Waals surface area contributed by atoms with Gasteiger partial charge in [-0.3, -0.25) is 4.79 Å². The Morgan fingerprint density at radius 1 is 1.31 bits per heavy atom. The summed E-state index contributed by atoms with van der Waals surface area (Å²) in [5.74, 6) is 0.770. The average Bonchev–Trinajstić information content (AvgIpc) is 2.79. The average molecular weight is 183 g/mol. The van der Waals surface area contributed by atoms with E-state index in [4.69, 9.17) is 0 Å². The van der Waals surface area contributed by atoms with Crippen LogP contribution in [0.15, 0.2) is 0 Å². The number of aliphatic hydroxyl groups excluding tert-OH is 1. The van der Waals surface area contributed by atoms with Crippen molar-refractivity contribution in [3.05, 3.63) is 0 Å². The molecule has 0 aromatic heterocycles. The number of aliphatic hydroxyl groups is 1. The van der Waals surface area contributed by atoms with Crippen molar-refractivity contribution in [3.8, 4) is 0 Å². The van der Waals surface area contributed by atoms with Crippen molar-refractivity contribution in [1.82, 2.24) is 5.32 Å². The fraction of sp³-hybridized carbons (Fsp3) is 0.900. The molecule has 0 radical (unpaired) electrons.